The fraction of sp³-hybridized carbons (Fsp3) is 0.533. The van der Waals surface area contributed by atoms with Gasteiger partial charge < -0.3 is 10.6 Å². The summed E-state index contributed by atoms with van der Waals surface area (Å²) in [6.07, 6.45) is 7.63. The van der Waals surface area contributed by atoms with Crippen molar-refractivity contribution >= 4 is 17.4 Å². The monoisotopic (exact) mass is 287 g/mol. The lowest BCUT2D eigenvalue weighted by Gasteiger charge is -2.22. The summed E-state index contributed by atoms with van der Waals surface area (Å²) in [5.74, 6) is 0.724. The van der Waals surface area contributed by atoms with E-state index in [4.69, 9.17) is 0 Å². The maximum absolute atomic E-state index is 12.1. The third kappa shape index (κ3) is 3.15. The van der Waals surface area contributed by atoms with Gasteiger partial charge >= 0.3 is 6.03 Å². The second kappa shape index (κ2) is 5.71. The predicted octanol–water partition coefficient (Wildman–Crippen LogP) is 2.80. The van der Waals surface area contributed by atoms with E-state index in [0.717, 1.165) is 35.6 Å². The molecule has 1 fully saturated rings. The summed E-state index contributed by atoms with van der Waals surface area (Å²) in [5.41, 5.74) is 2.55. The van der Waals surface area contributed by atoms with Crippen LogP contribution in [0.2, 0.25) is 0 Å². The van der Waals surface area contributed by atoms with Crippen molar-refractivity contribution in [2.24, 2.45) is 0 Å². The molecule has 0 aliphatic heterocycles. The molecule has 0 unspecified atom stereocenters. The van der Waals surface area contributed by atoms with Crippen molar-refractivity contribution in [1.82, 2.24) is 19.9 Å². The summed E-state index contributed by atoms with van der Waals surface area (Å²) in [4.78, 5) is 16.4. The molecule has 0 atom stereocenters. The molecule has 1 aliphatic carbocycles. The Labute approximate surface area is 123 Å². The van der Waals surface area contributed by atoms with Crippen molar-refractivity contribution in [3.05, 3.63) is 23.7 Å². The van der Waals surface area contributed by atoms with E-state index in [-0.39, 0.29) is 6.03 Å². The van der Waals surface area contributed by atoms with Crippen molar-refractivity contribution in [2.45, 2.75) is 52.0 Å². The average molecular weight is 287 g/mol. The van der Waals surface area contributed by atoms with Crippen LogP contribution < -0.4 is 10.6 Å². The number of hydrogen-bond donors (Lipinski definition) is 2. The zero-order valence-electron chi connectivity index (χ0n) is 12.5. The minimum atomic E-state index is -0.141. The van der Waals surface area contributed by atoms with Crippen LogP contribution in [0.1, 0.15) is 43.5 Å². The van der Waals surface area contributed by atoms with Crippen LogP contribution in [0, 0.1) is 13.8 Å². The van der Waals surface area contributed by atoms with Crippen molar-refractivity contribution in [2.75, 3.05) is 5.32 Å². The molecular weight excluding hydrogens is 266 g/mol. The van der Waals surface area contributed by atoms with Crippen LogP contribution in [0.4, 0.5) is 10.5 Å². The van der Waals surface area contributed by atoms with Crippen LogP contribution in [-0.2, 0) is 0 Å². The van der Waals surface area contributed by atoms with Crippen LogP contribution >= 0.6 is 0 Å². The standard InChI is InChI=1S/C15H21N5O/c1-10-8-13(9-20-14(10)16-11(2)19-20)18-15(21)17-12-6-4-3-5-7-12/h8-9,12H,3-7H2,1-2H3,(H2,17,18,21). The van der Waals surface area contributed by atoms with E-state index in [1.54, 1.807) is 10.7 Å². The summed E-state index contributed by atoms with van der Waals surface area (Å²) >= 11 is 0. The average Bonchev–Trinajstić information content (AvgIpc) is 2.81. The highest BCUT2D eigenvalue weighted by molar-refractivity contribution is 5.89. The van der Waals surface area contributed by atoms with E-state index in [9.17, 15) is 4.79 Å². The van der Waals surface area contributed by atoms with Crippen molar-refractivity contribution in [1.29, 1.82) is 0 Å². The Kier molecular flexibility index (Phi) is 3.77. The quantitative estimate of drug-likeness (QED) is 0.892. The van der Waals surface area contributed by atoms with Gasteiger partial charge in [-0.3, -0.25) is 0 Å². The number of carbonyl (C=O) groups excluding carboxylic acids is 1. The Morgan fingerprint density at radius 2 is 2.05 bits per heavy atom. The van der Waals surface area contributed by atoms with E-state index < -0.39 is 0 Å². The fourth-order valence-electron chi connectivity index (χ4n) is 2.92. The molecule has 6 nitrogen and oxygen atoms in total. The molecule has 2 N–H and O–H groups in total. The van der Waals surface area contributed by atoms with Gasteiger partial charge in [0, 0.05) is 6.04 Å². The number of rotatable bonds is 2. The normalized spacial score (nSPS) is 16.1. The van der Waals surface area contributed by atoms with Gasteiger partial charge in [-0.05, 0) is 38.3 Å². The van der Waals surface area contributed by atoms with Crippen molar-refractivity contribution < 1.29 is 4.79 Å². The van der Waals surface area contributed by atoms with Crippen LogP contribution in [0.15, 0.2) is 12.3 Å². The maximum atomic E-state index is 12.1. The summed E-state index contributed by atoms with van der Waals surface area (Å²) in [6.45, 7) is 3.82. The summed E-state index contributed by atoms with van der Waals surface area (Å²) in [7, 11) is 0. The summed E-state index contributed by atoms with van der Waals surface area (Å²) in [5, 5.41) is 10.2. The zero-order valence-corrected chi connectivity index (χ0v) is 12.5. The molecule has 0 radical (unpaired) electrons. The summed E-state index contributed by atoms with van der Waals surface area (Å²) in [6, 6.07) is 2.08. The molecular formula is C15H21N5O. The molecule has 3 rings (SSSR count). The van der Waals surface area contributed by atoms with Gasteiger partial charge in [0.25, 0.3) is 0 Å². The van der Waals surface area contributed by atoms with Crippen LogP contribution in [0.5, 0.6) is 0 Å². The first-order chi connectivity index (χ1) is 10.1. The number of aryl methyl sites for hydroxylation is 2. The number of pyridine rings is 1. The second-order valence-corrected chi connectivity index (χ2v) is 5.77. The number of urea groups is 1. The zero-order chi connectivity index (χ0) is 14.8. The molecule has 0 bridgehead atoms. The van der Waals surface area contributed by atoms with Crippen LogP contribution in [-0.4, -0.2) is 26.7 Å². The third-order valence-electron chi connectivity index (χ3n) is 3.92. The smallest absolute Gasteiger partial charge is 0.319 e. The predicted molar refractivity (Wildman–Crippen MR) is 81.5 cm³/mol. The molecule has 1 saturated carbocycles. The van der Waals surface area contributed by atoms with Gasteiger partial charge in [0.15, 0.2) is 5.65 Å². The van der Waals surface area contributed by atoms with Gasteiger partial charge in [-0.1, -0.05) is 19.3 Å². The second-order valence-electron chi connectivity index (χ2n) is 5.77. The van der Waals surface area contributed by atoms with E-state index in [1.165, 1.54) is 19.3 Å². The molecule has 0 saturated heterocycles. The van der Waals surface area contributed by atoms with Crippen molar-refractivity contribution in [3.63, 3.8) is 0 Å². The highest BCUT2D eigenvalue weighted by Gasteiger charge is 2.16. The van der Waals surface area contributed by atoms with Crippen LogP contribution in [0.3, 0.4) is 0 Å². The number of nitrogens with one attached hydrogen (secondary N) is 2. The first-order valence-corrected chi connectivity index (χ1v) is 7.53. The lowest BCUT2D eigenvalue weighted by Crippen LogP contribution is -2.39. The molecule has 0 spiro atoms. The Bertz CT molecular complexity index is 657. The van der Waals surface area contributed by atoms with E-state index in [0.29, 0.717) is 6.04 Å². The number of amides is 2. The highest BCUT2D eigenvalue weighted by atomic mass is 16.2. The molecule has 2 aromatic rings. The molecule has 6 heteroatoms. The third-order valence-corrected chi connectivity index (χ3v) is 3.92. The van der Waals surface area contributed by atoms with Gasteiger partial charge in [0.2, 0.25) is 0 Å². The summed E-state index contributed by atoms with van der Waals surface area (Å²) < 4.78 is 1.71. The molecule has 2 amide bonds. The number of anilines is 1. The van der Waals surface area contributed by atoms with Gasteiger partial charge in [0.05, 0.1) is 11.9 Å². The van der Waals surface area contributed by atoms with Gasteiger partial charge in [-0.25, -0.2) is 14.3 Å². The largest absolute Gasteiger partial charge is 0.335 e. The number of aromatic nitrogens is 3. The van der Waals surface area contributed by atoms with Crippen LogP contribution in [0.25, 0.3) is 5.65 Å². The first-order valence-electron chi connectivity index (χ1n) is 7.53. The Morgan fingerprint density at radius 3 is 2.81 bits per heavy atom. The number of fused-ring (bicyclic) bond motifs is 1. The maximum Gasteiger partial charge on any atom is 0.319 e. The Balaban J connectivity index is 1.70. The van der Waals surface area contributed by atoms with Gasteiger partial charge in [0.1, 0.15) is 5.82 Å². The van der Waals surface area contributed by atoms with Crippen molar-refractivity contribution in [3.8, 4) is 0 Å². The van der Waals surface area contributed by atoms with E-state index in [2.05, 4.69) is 20.7 Å². The molecule has 21 heavy (non-hydrogen) atoms. The number of nitrogens with zero attached hydrogens (tertiary/aromatic N) is 3. The first kappa shape index (κ1) is 13.9. The SMILES string of the molecule is Cc1nc2c(C)cc(NC(=O)NC3CCCCC3)cn2n1. The number of hydrogen-bond acceptors (Lipinski definition) is 3. The minimum absolute atomic E-state index is 0.141. The molecule has 0 aromatic carbocycles. The van der Waals surface area contributed by atoms with E-state index >= 15 is 0 Å². The Morgan fingerprint density at radius 1 is 1.29 bits per heavy atom. The number of carbonyl (C=O) groups is 1. The minimum Gasteiger partial charge on any atom is -0.335 e. The lowest BCUT2D eigenvalue weighted by molar-refractivity contribution is 0.244. The Hall–Kier alpha value is -2.11. The molecule has 2 aromatic heterocycles. The van der Waals surface area contributed by atoms with Gasteiger partial charge in [-0.2, -0.15) is 5.10 Å². The molecule has 112 valence electrons. The lowest BCUT2D eigenvalue weighted by atomic mass is 9.96. The molecule has 1 aliphatic rings. The van der Waals surface area contributed by atoms with E-state index in [1.807, 2.05) is 19.9 Å². The topological polar surface area (TPSA) is 71.3 Å². The highest BCUT2D eigenvalue weighted by Crippen LogP contribution is 2.18. The van der Waals surface area contributed by atoms with Gasteiger partial charge in [-0.15, -0.1) is 0 Å². The fourth-order valence-corrected chi connectivity index (χ4v) is 2.92. The molecule has 2 heterocycles.